The summed E-state index contributed by atoms with van der Waals surface area (Å²) in [6.45, 7) is 11.3. The Labute approximate surface area is 139 Å². The Balaban J connectivity index is 2.61. The third-order valence-electron chi connectivity index (χ3n) is 3.33. The van der Waals surface area contributed by atoms with Crippen LogP contribution in [0.2, 0.25) is 0 Å². The molecule has 4 heteroatoms. The van der Waals surface area contributed by atoms with Crippen LogP contribution in [-0.2, 0) is 14.2 Å². The zero-order valence-electron chi connectivity index (χ0n) is 14.1. The van der Waals surface area contributed by atoms with Crippen molar-refractivity contribution in [2.24, 2.45) is 5.73 Å². The number of rotatable bonds is 8. The lowest BCUT2D eigenvalue weighted by Gasteiger charge is -2.24. The van der Waals surface area contributed by atoms with E-state index in [1.54, 1.807) is 13.2 Å². The van der Waals surface area contributed by atoms with Crippen LogP contribution in [-0.4, -0.2) is 33.0 Å². The van der Waals surface area contributed by atoms with Gasteiger partial charge in [0.25, 0.3) is 0 Å². The Morgan fingerprint density at radius 2 is 2.22 bits per heavy atom. The summed E-state index contributed by atoms with van der Waals surface area (Å²) in [6, 6.07) is 0. The Morgan fingerprint density at radius 1 is 1.43 bits per heavy atom. The molecule has 23 heavy (non-hydrogen) atoms. The first kappa shape index (κ1) is 19.0. The van der Waals surface area contributed by atoms with Crippen LogP contribution in [0.3, 0.4) is 0 Å². The number of hydrogen-bond donors (Lipinski definition) is 1. The van der Waals surface area contributed by atoms with Crippen molar-refractivity contribution in [3.05, 3.63) is 72.3 Å². The fraction of sp³-hybridized carbons (Fsp3) is 0.368. The average molecular weight is 317 g/mol. The van der Waals surface area contributed by atoms with Gasteiger partial charge < -0.3 is 19.9 Å². The molecule has 1 rings (SSSR count). The smallest absolute Gasteiger partial charge is 0.126 e. The van der Waals surface area contributed by atoms with E-state index in [1.807, 2.05) is 37.3 Å². The molecular weight excluding hydrogens is 290 g/mol. The molecule has 1 unspecified atom stereocenters. The van der Waals surface area contributed by atoms with Gasteiger partial charge in [-0.15, -0.1) is 0 Å². The summed E-state index contributed by atoms with van der Waals surface area (Å²) < 4.78 is 16.5. The fourth-order valence-electron chi connectivity index (χ4n) is 2.06. The molecule has 0 bridgehead atoms. The molecule has 0 aromatic carbocycles. The minimum atomic E-state index is 0.00219. The fourth-order valence-corrected chi connectivity index (χ4v) is 2.06. The van der Waals surface area contributed by atoms with Crippen molar-refractivity contribution in [3.63, 3.8) is 0 Å². The van der Waals surface area contributed by atoms with Crippen molar-refractivity contribution < 1.29 is 14.2 Å². The number of nitrogens with two attached hydrogens (primary N) is 1. The molecule has 1 saturated heterocycles. The Hall–Kier alpha value is -2.04. The molecule has 1 fully saturated rings. The van der Waals surface area contributed by atoms with Gasteiger partial charge in [-0.3, -0.25) is 0 Å². The molecule has 0 aromatic rings. The van der Waals surface area contributed by atoms with Crippen LogP contribution in [0.5, 0.6) is 0 Å². The molecule has 2 N–H and O–H groups in total. The molecule has 4 nitrogen and oxygen atoms in total. The highest BCUT2D eigenvalue weighted by molar-refractivity contribution is 5.48. The van der Waals surface area contributed by atoms with E-state index in [-0.39, 0.29) is 6.10 Å². The lowest BCUT2D eigenvalue weighted by atomic mass is 10.0. The summed E-state index contributed by atoms with van der Waals surface area (Å²) >= 11 is 0. The number of ether oxygens (including phenoxy) is 3. The van der Waals surface area contributed by atoms with Gasteiger partial charge in [-0.05, 0) is 31.1 Å². The first-order valence-electron chi connectivity index (χ1n) is 7.68. The minimum Gasteiger partial charge on any atom is -0.496 e. The van der Waals surface area contributed by atoms with E-state index < -0.39 is 0 Å². The first-order chi connectivity index (χ1) is 11.2. The summed E-state index contributed by atoms with van der Waals surface area (Å²) in [5.74, 6) is 1.55. The van der Waals surface area contributed by atoms with E-state index in [1.165, 1.54) is 0 Å². The highest BCUT2D eigenvalue weighted by Gasteiger charge is 2.15. The second-order valence-corrected chi connectivity index (χ2v) is 5.00. The second-order valence-electron chi connectivity index (χ2n) is 5.00. The van der Waals surface area contributed by atoms with Gasteiger partial charge in [0.2, 0.25) is 0 Å². The Kier molecular flexibility index (Phi) is 8.80. The van der Waals surface area contributed by atoms with Gasteiger partial charge in [0.15, 0.2) is 0 Å². The van der Waals surface area contributed by atoms with Gasteiger partial charge in [0.1, 0.15) is 30.8 Å². The summed E-state index contributed by atoms with van der Waals surface area (Å²) in [5.41, 5.74) is 7.31. The molecule has 0 aliphatic carbocycles. The van der Waals surface area contributed by atoms with Gasteiger partial charge in [0.05, 0.1) is 7.11 Å². The number of methoxy groups -OCH3 is 1. The molecule has 0 saturated carbocycles. The van der Waals surface area contributed by atoms with Crippen LogP contribution in [0.15, 0.2) is 72.3 Å². The monoisotopic (exact) mass is 317 g/mol. The van der Waals surface area contributed by atoms with Crippen molar-refractivity contribution in [2.45, 2.75) is 19.4 Å². The molecule has 0 amide bonds. The van der Waals surface area contributed by atoms with Crippen molar-refractivity contribution in [3.8, 4) is 0 Å². The van der Waals surface area contributed by atoms with E-state index in [9.17, 15) is 0 Å². The van der Waals surface area contributed by atoms with Crippen LogP contribution in [0, 0.1) is 0 Å². The zero-order chi connectivity index (χ0) is 17.1. The number of allylic oxidation sites excluding steroid dienone is 8. The topological polar surface area (TPSA) is 53.7 Å². The maximum Gasteiger partial charge on any atom is 0.126 e. The Morgan fingerprint density at radius 3 is 2.74 bits per heavy atom. The van der Waals surface area contributed by atoms with Crippen molar-refractivity contribution in [1.82, 2.24) is 0 Å². The predicted octanol–water partition coefficient (Wildman–Crippen LogP) is 3.41. The molecule has 0 spiro atoms. The SMILES string of the molecule is C=C/C(OC)=C(\C=C/C)C(=C)/C=C\C/C=C1\COC(CN)CO1. The van der Waals surface area contributed by atoms with Crippen molar-refractivity contribution in [2.75, 3.05) is 26.9 Å². The first-order valence-corrected chi connectivity index (χ1v) is 7.68. The van der Waals surface area contributed by atoms with Gasteiger partial charge >= 0.3 is 0 Å². The van der Waals surface area contributed by atoms with Crippen molar-refractivity contribution >= 4 is 0 Å². The van der Waals surface area contributed by atoms with E-state index in [0.29, 0.717) is 25.5 Å². The molecule has 1 atom stereocenters. The molecule has 1 aliphatic rings. The van der Waals surface area contributed by atoms with E-state index in [4.69, 9.17) is 19.9 Å². The summed E-state index contributed by atoms with van der Waals surface area (Å²) in [7, 11) is 1.62. The molecule has 0 aromatic heterocycles. The summed E-state index contributed by atoms with van der Waals surface area (Å²) in [5, 5.41) is 0. The second kappa shape index (κ2) is 10.6. The van der Waals surface area contributed by atoms with Gasteiger partial charge in [-0.2, -0.15) is 0 Å². The molecular formula is C19H27NO3. The minimum absolute atomic E-state index is 0.00219. The molecule has 1 aliphatic heterocycles. The summed E-state index contributed by atoms with van der Waals surface area (Å²) in [4.78, 5) is 0. The average Bonchev–Trinajstić information content (AvgIpc) is 2.59. The highest BCUT2D eigenvalue weighted by Crippen LogP contribution is 2.18. The standard InChI is InChI=1S/C19H27NO3/c1-5-9-18(19(6-2)21-4)15(3)10-7-8-11-16-13-23-17(12-20)14-22-16/h5-7,9-11,17H,2-3,8,12-14,20H2,1,4H3/b9-5-,10-7-,16-11+,19-18-. The van der Waals surface area contributed by atoms with Crippen LogP contribution >= 0.6 is 0 Å². The van der Waals surface area contributed by atoms with Crippen LogP contribution < -0.4 is 5.73 Å². The lowest BCUT2D eigenvalue weighted by Crippen LogP contribution is -2.33. The van der Waals surface area contributed by atoms with Crippen molar-refractivity contribution in [1.29, 1.82) is 0 Å². The highest BCUT2D eigenvalue weighted by atomic mass is 16.6. The van der Waals surface area contributed by atoms with Gasteiger partial charge in [-0.1, -0.05) is 37.5 Å². The maximum absolute atomic E-state index is 5.59. The van der Waals surface area contributed by atoms with E-state index in [0.717, 1.165) is 23.3 Å². The van der Waals surface area contributed by atoms with Crippen LogP contribution in [0.1, 0.15) is 13.3 Å². The largest absolute Gasteiger partial charge is 0.496 e. The number of hydrogen-bond acceptors (Lipinski definition) is 4. The third-order valence-corrected chi connectivity index (χ3v) is 3.33. The van der Waals surface area contributed by atoms with Crippen LogP contribution in [0.4, 0.5) is 0 Å². The van der Waals surface area contributed by atoms with E-state index >= 15 is 0 Å². The Bertz CT molecular complexity index is 517. The van der Waals surface area contributed by atoms with Crippen LogP contribution in [0.25, 0.3) is 0 Å². The summed E-state index contributed by atoms with van der Waals surface area (Å²) in [6.07, 6.45) is 12.3. The zero-order valence-corrected chi connectivity index (χ0v) is 14.1. The quantitative estimate of drug-likeness (QED) is 0.550. The normalized spacial score (nSPS) is 21.3. The molecule has 126 valence electrons. The molecule has 1 heterocycles. The predicted molar refractivity (Wildman–Crippen MR) is 94.8 cm³/mol. The van der Waals surface area contributed by atoms with Gasteiger partial charge in [-0.25, -0.2) is 0 Å². The van der Waals surface area contributed by atoms with Gasteiger partial charge in [0, 0.05) is 12.1 Å². The third kappa shape index (κ3) is 6.30. The lowest BCUT2D eigenvalue weighted by molar-refractivity contribution is -0.0450. The molecule has 0 radical (unpaired) electrons. The maximum atomic E-state index is 5.59. The van der Waals surface area contributed by atoms with E-state index in [2.05, 4.69) is 13.2 Å².